The summed E-state index contributed by atoms with van der Waals surface area (Å²) in [6.45, 7) is 0.465. The Bertz CT molecular complexity index is 789. The van der Waals surface area contributed by atoms with Crippen LogP contribution in [0.2, 0.25) is 0 Å². The molecule has 0 aliphatic heterocycles. The number of hydrogen-bond acceptors (Lipinski definition) is 3. The van der Waals surface area contributed by atoms with E-state index in [1.165, 1.54) is 4.68 Å². The fraction of sp³-hybridized carbons (Fsp3) is 0.0588. The van der Waals surface area contributed by atoms with Crippen molar-refractivity contribution in [3.63, 3.8) is 0 Å². The standard InChI is InChI=1S/C17H14N2OS/c20-17-11-10-15(16-9-5-13-21-16)18-19(17)12-4-8-14-6-2-1-3-7-14/h1-11,13H,12H2/b8-4+. The summed E-state index contributed by atoms with van der Waals surface area (Å²) in [5.74, 6) is 0. The molecule has 21 heavy (non-hydrogen) atoms. The van der Waals surface area contributed by atoms with E-state index < -0.39 is 0 Å². The predicted molar refractivity (Wildman–Crippen MR) is 87.3 cm³/mol. The van der Waals surface area contributed by atoms with E-state index in [2.05, 4.69) is 5.10 Å². The van der Waals surface area contributed by atoms with Gasteiger partial charge in [-0.25, -0.2) is 4.68 Å². The van der Waals surface area contributed by atoms with Crippen LogP contribution in [0.15, 0.2) is 70.8 Å². The molecule has 1 aromatic carbocycles. The number of aromatic nitrogens is 2. The Morgan fingerprint density at radius 2 is 1.90 bits per heavy atom. The maximum Gasteiger partial charge on any atom is 0.267 e. The Morgan fingerprint density at radius 3 is 2.67 bits per heavy atom. The van der Waals surface area contributed by atoms with Crippen molar-refractivity contribution in [2.24, 2.45) is 0 Å². The summed E-state index contributed by atoms with van der Waals surface area (Å²) >= 11 is 1.62. The van der Waals surface area contributed by atoms with Gasteiger partial charge in [0.15, 0.2) is 0 Å². The largest absolute Gasteiger partial charge is 0.268 e. The average Bonchev–Trinajstić information content (AvgIpc) is 3.04. The molecule has 0 N–H and O–H groups in total. The summed E-state index contributed by atoms with van der Waals surface area (Å²) in [5.41, 5.74) is 1.85. The average molecular weight is 294 g/mol. The zero-order chi connectivity index (χ0) is 14.5. The molecule has 104 valence electrons. The molecule has 2 aromatic heterocycles. The van der Waals surface area contributed by atoms with Crippen LogP contribution in [0.4, 0.5) is 0 Å². The molecule has 3 aromatic rings. The molecular formula is C17H14N2OS. The van der Waals surface area contributed by atoms with E-state index in [1.807, 2.05) is 60.0 Å². The third-order valence-corrected chi connectivity index (χ3v) is 3.92. The molecule has 2 heterocycles. The number of rotatable bonds is 4. The lowest BCUT2D eigenvalue weighted by atomic mass is 10.2. The van der Waals surface area contributed by atoms with Gasteiger partial charge in [0, 0.05) is 6.07 Å². The van der Waals surface area contributed by atoms with E-state index in [0.717, 1.165) is 16.1 Å². The van der Waals surface area contributed by atoms with Crippen molar-refractivity contribution in [1.82, 2.24) is 9.78 Å². The first-order chi connectivity index (χ1) is 10.3. The second-order valence-corrected chi connectivity index (χ2v) is 5.48. The molecule has 0 radical (unpaired) electrons. The van der Waals surface area contributed by atoms with Gasteiger partial charge in [-0.15, -0.1) is 11.3 Å². The lowest BCUT2D eigenvalue weighted by molar-refractivity contribution is 0.657. The van der Waals surface area contributed by atoms with Crippen LogP contribution in [0.1, 0.15) is 5.56 Å². The van der Waals surface area contributed by atoms with Crippen molar-refractivity contribution in [2.75, 3.05) is 0 Å². The Balaban J connectivity index is 1.81. The van der Waals surface area contributed by atoms with Gasteiger partial charge in [0.25, 0.3) is 5.56 Å². The number of benzene rings is 1. The second-order valence-electron chi connectivity index (χ2n) is 4.53. The summed E-state index contributed by atoms with van der Waals surface area (Å²) in [5, 5.41) is 6.41. The van der Waals surface area contributed by atoms with Gasteiger partial charge in [-0.1, -0.05) is 48.6 Å². The normalized spacial score (nSPS) is 11.0. The highest BCUT2D eigenvalue weighted by molar-refractivity contribution is 7.13. The predicted octanol–water partition coefficient (Wildman–Crippen LogP) is 3.69. The van der Waals surface area contributed by atoms with Crippen molar-refractivity contribution in [2.45, 2.75) is 6.54 Å². The fourth-order valence-electron chi connectivity index (χ4n) is 1.99. The van der Waals surface area contributed by atoms with E-state index in [0.29, 0.717) is 6.54 Å². The smallest absolute Gasteiger partial charge is 0.267 e. The molecule has 0 aliphatic carbocycles. The summed E-state index contributed by atoms with van der Waals surface area (Å²) in [6, 6.07) is 17.3. The molecule has 0 atom stereocenters. The lowest BCUT2D eigenvalue weighted by Crippen LogP contribution is -2.21. The van der Waals surface area contributed by atoms with Crippen molar-refractivity contribution in [1.29, 1.82) is 0 Å². The van der Waals surface area contributed by atoms with Crippen LogP contribution in [-0.2, 0) is 6.54 Å². The molecule has 3 rings (SSSR count). The fourth-order valence-corrected chi connectivity index (χ4v) is 2.68. The summed E-state index contributed by atoms with van der Waals surface area (Å²) in [6.07, 6.45) is 3.94. The Labute approximate surface area is 126 Å². The molecule has 0 unspecified atom stereocenters. The summed E-state index contributed by atoms with van der Waals surface area (Å²) < 4.78 is 1.48. The van der Waals surface area contributed by atoms with Gasteiger partial charge in [0.1, 0.15) is 5.69 Å². The molecule has 0 spiro atoms. The van der Waals surface area contributed by atoms with Gasteiger partial charge in [-0.05, 0) is 23.1 Å². The molecule has 0 bridgehead atoms. The first kappa shape index (κ1) is 13.5. The first-order valence-electron chi connectivity index (χ1n) is 6.66. The monoisotopic (exact) mass is 294 g/mol. The lowest BCUT2D eigenvalue weighted by Gasteiger charge is -2.03. The molecule has 0 amide bonds. The van der Waals surface area contributed by atoms with Gasteiger partial charge in [-0.3, -0.25) is 4.79 Å². The van der Waals surface area contributed by atoms with E-state index in [9.17, 15) is 4.79 Å². The minimum atomic E-state index is -0.0898. The summed E-state index contributed by atoms with van der Waals surface area (Å²) in [4.78, 5) is 12.9. The van der Waals surface area contributed by atoms with Crippen molar-refractivity contribution in [3.05, 3.63) is 82.0 Å². The van der Waals surface area contributed by atoms with Crippen LogP contribution < -0.4 is 5.56 Å². The molecule has 0 saturated heterocycles. The molecule has 0 aliphatic rings. The quantitative estimate of drug-likeness (QED) is 0.735. The van der Waals surface area contributed by atoms with E-state index in [4.69, 9.17) is 0 Å². The first-order valence-corrected chi connectivity index (χ1v) is 7.54. The Kier molecular flexibility index (Phi) is 4.07. The van der Waals surface area contributed by atoms with Crippen LogP contribution in [0.5, 0.6) is 0 Å². The maximum absolute atomic E-state index is 11.9. The molecular weight excluding hydrogens is 280 g/mol. The molecule has 0 saturated carbocycles. The van der Waals surface area contributed by atoms with E-state index in [-0.39, 0.29) is 5.56 Å². The van der Waals surface area contributed by atoms with Crippen molar-refractivity contribution in [3.8, 4) is 10.6 Å². The van der Waals surface area contributed by atoms with Crippen LogP contribution in [0.25, 0.3) is 16.6 Å². The Morgan fingerprint density at radius 1 is 1.05 bits per heavy atom. The highest BCUT2D eigenvalue weighted by Crippen LogP contribution is 2.20. The van der Waals surface area contributed by atoms with Crippen LogP contribution in [0, 0.1) is 0 Å². The number of hydrogen-bond donors (Lipinski definition) is 0. The topological polar surface area (TPSA) is 34.9 Å². The van der Waals surface area contributed by atoms with Crippen LogP contribution in [-0.4, -0.2) is 9.78 Å². The molecule has 4 heteroatoms. The van der Waals surface area contributed by atoms with Gasteiger partial charge in [0.2, 0.25) is 0 Å². The van der Waals surface area contributed by atoms with Crippen LogP contribution >= 0.6 is 11.3 Å². The van der Waals surface area contributed by atoms with Crippen LogP contribution in [0.3, 0.4) is 0 Å². The zero-order valence-corrected chi connectivity index (χ0v) is 12.2. The van der Waals surface area contributed by atoms with E-state index in [1.54, 1.807) is 23.5 Å². The zero-order valence-electron chi connectivity index (χ0n) is 11.3. The second kappa shape index (κ2) is 6.33. The third-order valence-electron chi connectivity index (χ3n) is 3.03. The van der Waals surface area contributed by atoms with Gasteiger partial charge in [-0.2, -0.15) is 5.10 Å². The number of allylic oxidation sites excluding steroid dienone is 1. The highest BCUT2D eigenvalue weighted by atomic mass is 32.1. The van der Waals surface area contributed by atoms with Gasteiger partial charge >= 0.3 is 0 Å². The minimum Gasteiger partial charge on any atom is -0.268 e. The van der Waals surface area contributed by atoms with Crippen molar-refractivity contribution < 1.29 is 0 Å². The minimum absolute atomic E-state index is 0.0898. The highest BCUT2D eigenvalue weighted by Gasteiger charge is 2.02. The van der Waals surface area contributed by atoms with Crippen molar-refractivity contribution >= 4 is 17.4 Å². The number of nitrogens with zero attached hydrogens (tertiary/aromatic N) is 2. The summed E-state index contributed by atoms with van der Waals surface area (Å²) in [7, 11) is 0. The molecule has 3 nitrogen and oxygen atoms in total. The number of thiophene rings is 1. The maximum atomic E-state index is 11.9. The molecule has 0 fully saturated rings. The van der Waals surface area contributed by atoms with Gasteiger partial charge in [0.05, 0.1) is 11.4 Å². The van der Waals surface area contributed by atoms with E-state index >= 15 is 0 Å². The SMILES string of the molecule is O=c1ccc(-c2cccs2)nn1C/C=C/c1ccccc1. The Hall–Kier alpha value is -2.46. The third kappa shape index (κ3) is 3.35. The van der Waals surface area contributed by atoms with Gasteiger partial charge < -0.3 is 0 Å².